The first-order chi connectivity index (χ1) is 10.2. The highest BCUT2D eigenvalue weighted by molar-refractivity contribution is 6.30. The van der Waals surface area contributed by atoms with E-state index in [0.717, 1.165) is 29.2 Å². The van der Waals surface area contributed by atoms with Crippen LogP contribution in [0.5, 0.6) is 0 Å². The minimum Gasteiger partial charge on any atom is -0.335 e. The van der Waals surface area contributed by atoms with Gasteiger partial charge in [-0.2, -0.15) is 0 Å². The minimum absolute atomic E-state index is 0.201. The molecule has 0 N–H and O–H groups in total. The van der Waals surface area contributed by atoms with Crippen LogP contribution in [0.4, 0.5) is 0 Å². The van der Waals surface area contributed by atoms with E-state index >= 15 is 0 Å². The minimum atomic E-state index is 0.201. The molecule has 2 aromatic rings. The number of hydrogen-bond donors (Lipinski definition) is 0. The Bertz CT molecular complexity index is 612. The highest BCUT2D eigenvalue weighted by Crippen LogP contribution is 2.34. The number of benzene rings is 1. The molecule has 1 atom stereocenters. The van der Waals surface area contributed by atoms with Crippen LogP contribution in [-0.2, 0) is 11.2 Å². The van der Waals surface area contributed by atoms with Crippen molar-refractivity contribution in [2.75, 3.05) is 6.54 Å². The van der Waals surface area contributed by atoms with Gasteiger partial charge >= 0.3 is 0 Å². The zero-order valence-corrected chi connectivity index (χ0v) is 12.5. The van der Waals surface area contributed by atoms with E-state index in [1.165, 1.54) is 0 Å². The lowest BCUT2D eigenvalue weighted by atomic mass is 9.94. The zero-order chi connectivity index (χ0) is 14.7. The van der Waals surface area contributed by atoms with Crippen LogP contribution in [0.2, 0.25) is 5.02 Å². The average molecular weight is 301 g/mol. The van der Waals surface area contributed by atoms with Gasteiger partial charge in [0, 0.05) is 29.9 Å². The summed E-state index contributed by atoms with van der Waals surface area (Å²) in [5.41, 5.74) is 2.13. The van der Waals surface area contributed by atoms with Crippen molar-refractivity contribution in [2.45, 2.75) is 25.3 Å². The lowest BCUT2D eigenvalue weighted by Crippen LogP contribution is -2.45. The van der Waals surface area contributed by atoms with Crippen LogP contribution in [0.3, 0.4) is 0 Å². The molecule has 1 saturated heterocycles. The Morgan fingerprint density at radius 2 is 2.05 bits per heavy atom. The molecule has 0 unspecified atom stereocenters. The number of amides is 1. The average Bonchev–Trinajstić information content (AvgIpc) is 2.47. The molecule has 3 nitrogen and oxygen atoms in total. The van der Waals surface area contributed by atoms with Gasteiger partial charge in [0.05, 0.1) is 6.04 Å². The quantitative estimate of drug-likeness (QED) is 0.863. The number of pyridine rings is 1. The van der Waals surface area contributed by atoms with Gasteiger partial charge in [-0.15, -0.1) is 0 Å². The van der Waals surface area contributed by atoms with Crippen LogP contribution in [0, 0.1) is 0 Å². The molecule has 108 valence electrons. The van der Waals surface area contributed by atoms with Crippen LogP contribution < -0.4 is 0 Å². The van der Waals surface area contributed by atoms with Gasteiger partial charge in [0.1, 0.15) is 0 Å². The summed E-state index contributed by atoms with van der Waals surface area (Å²) < 4.78 is 0. The fraction of sp³-hybridized carbons (Fsp3) is 0.294. The first kappa shape index (κ1) is 14.1. The number of carbonyl (C=O) groups is 1. The van der Waals surface area contributed by atoms with Gasteiger partial charge in [0.15, 0.2) is 0 Å². The second-order valence-electron chi connectivity index (χ2n) is 5.26. The lowest BCUT2D eigenvalue weighted by Gasteiger charge is -2.41. The molecule has 3 rings (SSSR count). The van der Waals surface area contributed by atoms with Crippen molar-refractivity contribution in [1.29, 1.82) is 0 Å². The number of aromatic nitrogens is 1. The number of likely N-dealkylation sites (tertiary alicyclic amines) is 1. The fourth-order valence-corrected chi connectivity index (χ4v) is 2.77. The number of hydrogen-bond acceptors (Lipinski definition) is 2. The van der Waals surface area contributed by atoms with Crippen molar-refractivity contribution in [3.8, 4) is 0 Å². The molecule has 0 saturated carbocycles. The van der Waals surface area contributed by atoms with Crippen LogP contribution in [-0.4, -0.2) is 22.3 Å². The fourth-order valence-electron chi connectivity index (χ4n) is 2.64. The molecule has 0 spiro atoms. The molecular weight excluding hydrogens is 284 g/mol. The Morgan fingerprint density at radius 3 is 2.67 bits per heavy atom. The number of halogens is 1. The van der Waals surface area contributed by atoms with Crippen molar-refractivity contribution in [2.24, 2.45) is 0 Å². The number of rotatable bonds is 4. The van der Waals surface area contributed by atoms with Crippen LogP contribution in [0.1, 0.15) is 30.1 Å². The van der Waals surface area contributed by atoms with Crippen molar-refractivity contribution in [3.63, 3.8) is 0 Å². The predicted octanol–water partition coefficient (Wildman–Crippen LogP) is 3.64. The molecule has 4 heteroatoms. The first-order valence-corrected chi connectivity index (χ1v) is 7.56. The molecule has 1 fully saturated rings. The van der Waals surface area contributed by atoms with Crippen LogP contribution >= 0.6 is 11.6 Å². The van der Waals surface area contributed by atoms with E-state index < -0.39 is 0 Å². The van der Waals surface area contributed by atoms with Gasteiger partial charge in [0.25, 0.3) is 0 Å². The van der Waals surface area contributed by atoms with Gasteiger partial charge < -0.3 is 4.90 Å². The van der Waals surface area contributed by atoms with E-state index in [1.54, 1.807) is 6.20 Å². The molecular formula is C17H17ClN2O. The van der Waals surface area contributed by atoms with E-state index in [9.17, 15) is 4.79 Å². The third-order valence-corrected chi connectivity index (χ3v) is 4.17. The van der Waals surface area contributed by atoms with Gasteiger partial charge in [-0.05, 0) is 42.7 Å². The monoisotopic (exact) mass is 300 g/mol. The van der Waals surface area contributed by atoms with E-state index in [4.69, 9.17) is 11.6 Å². The summed E-state index contributed by atoms with van der Waals surface area (Å²) in [6.45, 7) is 0.842. The van der Waals surface area contributed by atoms with Crippen molar-refractivity contribution in [1.82, 2.24) is 9.88 Å². The summed E-state index contributed by atoms with van der Waals surface area (Å²) in [5, 5.41) is 0.728. The smallest absolute Gasteiger partial charge is 0.223 e. The summed E-state index contributed by atoms with van der Waals surface area (Å²) in [4.78, 5) is 18.5. The number of nitrogens with zero attached hydrogens (tertiary/aromatic N) is 2. The molecule has 2 heterocycles. The van der Waals surface area contributed by atoms with Crippen molar-refractivity contribution >= 4 is 17.5 Å². The second-order valence-corrected chi connectivity index (χ2v) is 5.70. The van der Waals surface area contributed by atoms with Crippen LogP contribution in [0.25, 0.3) is 0 Å². The van der Waals surface area contributed by atoms with Crippen LogP contribution in [0.15, 0.2) is 48.7 Å². The maximum atomic E-state index is 12.3. The SMILES string of the molecule is O=C(CCc1ccccn1)N1CC[C@H]1c1ccc(Cl)cc1. The lowest BCUT2D eigenvalue weighted by molar-refractivity contribution is -0.139. The predicted molar refractivity (Wildman–Crippen MR) is 83.1 cm³/mol. The molecule has 1 aromatic carbocycles. The molecule has 0 radical (unpaired) electrons. The Balaban J connectivity index is 1.59. The molecule has 1 aromatic heterocycles. The summed E-state index contributed by atoms with van der Waals surface area (Å²) in [5.74, 6) is 0.201. The third kappa shape index (κ3) is 3.24. The van der Waals surface area contributed by atoms with Gasteiger partial charge in [0.2, 0.25) is 5.91 Å². The molecule has 0 bridgehead atoms. The standard InChI is InChI=1S/C17H17ClN2O/c18-14-6-4-13(5-7-14)16-10-12-20(16)17(21)9-8-15-3-1-2-11-19-15/h1-7,11,16H,8-10,12H2/t16-/m0/s1. The van der Waals surface area contributed by atoms with E-state index in [-0.39, 0.29) is 11.9 Å². The van der Waals surface area contributed by atoms with E-state index in [2.05, 4.69) is 4.98 Å². The van der Waals surface area contributed by atoms with Gasteiger partial charge in [-0.25, -0.2) is 0 Å². The number of carbonyl (C=O) groups excluding carboxylic acids is 1. The van der Waals surface area contributed by atoms with Gasteiger partial charge in [-0.3, -0.25) is 9.78 Å². The van der Waals surface area contributed by atoms with E-state index in [1.807, 2.05) is 47.4 Å². The maximum absolute atomic E-state index is 12.3. The second kappa shape index (κ2) is 6.27. The molecule has 0 aliphatic carbocycles. The first-order valence-electron chi connectivity index (χ1n) is 7.19. The van der Waals surface area contributed by atoms with Gasteiger partial charge in [-0.1, -0.05) is 29.8 Å². The third-order valence-electron chi connectivity index (χ3n) is 3.92. The molecule has 21 heavy (non-hydrogen) atoms. The Morgan fingerprint density at radius 1 is 1.24 bits per heavy atom. The van der Waals surface area contributed by atoms with Crippen molar-refractivity contribution in [3.05, 3.63) is 64.9 Å². The molecule has 1 amide bonds. The Hall–Kier alpha value is -1.87. The summed E-state index contributed by atoms with van der Waals surface area (Å²) >= 11 is 5.91. The van der Waals surface area contributed by atoms with Crippen molar-refractivity contribution < 1.29 is 4.79 Å². The Kier molecular flexibility index (Phi) is 4.20. The number of aryl methyl sites for hydroxylation is 1. The molecule has 1 aliphatic heterocycles. The van der Waals surface area contributed by atoms with E-state index in [0.29, 0.717) is 12.8 Å². The topological polar surface area (TPSA) is 33.2 Å². The maximum Gasteiger partial charge on any atom is 0.223 e. The summed E-state index contributed by atoms with van der Waals surface area (Å²) in [7, 11) is 0. The normalized spacial score (nSPS) is 17.4. The summed E-state index contributed by atoms with van der Waals surface area (Å²) in [6, 6.07) is 13.8. The largest absolute Gasteiger partial charge is 0.335 e. The Labute approximate surface area is 129 Å². The molecule has 1 aliphatic rings. The summed E-state index contributed by atoms with van der Waals surface area (Å²) in [6.07, 6.45) is 4.00. The highest BCUT2D eigenvalue weighted by Gasteiger charge is 2.32. The zero-order valence-electron chi connectivity index (χ0n) is 11.7. The highest BCUT2D eigenvalue weighted by atomic mass is 35.5.